The van der Waals surface area contributed by atoms with Gasteiger partial charge < -0.3 is 5.32 Å². The normalized spacial score (nSPS) is 32.7. The first-order valence-corrected chi connectivity index (χ1v) is 7.31. The lowest BCUT2D eigenvalue weighted by molar-refractivity contribution is -0.189. The Kier molecular flexibility index (Phi) is 4.57. The maximum Gasteiger partial charge on any atom is 0.393 e. The molecule has 0 aromatic heterocycles. The van der Waals surface area contributed by atoms with Gasteiger partial charge in [-0.05, 0) is 38.5 Å². The Morgan fingerprint density at radius 1 is 0.944 bits per heavy atom. The highest BCUT2D eigenvalue weighted by Crippen LogP contribution is 2.38. The molecule has 0 spiro atoms. The maximum atomic E-state index is 13.0. The van der Waals surface area contributed by atoms with Gasteiger partial charge in [-0.15, -0.1) is 0 Å². The Morgan fingerprint density at radius 2 is 1.50 bits per heavy atom. The summed E-state index contributed by atoms with van der Waals surface area (Å²) in [5.41, 5.74) is 0. The molecule has 0 radical (unpaired) electrons. The molecule has 2 fully saturated rings. The highest BCUT2D eigenvalue weighted by atomic mass is 19.4. The van der Waals surface area contributed by atoms with Crippen LogP contribution in [0.3, 0.4) is 0 Å². The smallest absolute Gasteiger partial charge is 0.311 e. The van der Waals surface area contributed by atoms with Gasteiger partial charge in [0.05, 0.1) is 5.92 Å². The molecule has 0 aromatic rings. The van der Waals surface area contributed by atoms with Crippen molar-refractivity contribution in [1.29, 1.82) is 0 Å². The molecule has 2 aliphatic rings. The second-order valence-electron chi connectivity index (χ2n) is 6.04. The summed E-state index contributed by atoms with van der Waals surface area (Å²) in [5.74, 6) is -0.545. The fraction of sp³-hybridized carbons (Fsp3) is 1.00. The van der Waals surface area contributed by atoms with Crippen LogP contribution in [0, 0.1) is 11.8 Å². The van der Waals surface area contributed by atoms with Crippen LogP contribution in [0.1, 0.15) is 58.3 Å². The van der Waals surface area contributed by atoms with E-state index in [4.69, 9.17) is 0 Å². The van der Waals surface area contributed by atoms with Crippen LogP contribution in [0.15, 0.2) is 0 Å². The summed E-state index contributed by atoms with van der Waals surface area (Å²) in [6, 6.07) is -0.116. The quantitative estimate of drug-likeness (QED) is 0.801. The molecule has 0 heterocycles. The Balaban J connectivity index is 1.92. The van der Waals surface area contributed by atoms with Crippen LogP contribution >= 0.6 is 0 Å². The molecule has 1 N–H and O–H groups in total. The average molecular weight is 263 g/mol. The summed E-state index contributed by atoms with van der Waals surface area (Å²) in [6.07, 6.45) is 3.44. The van der Waals surface area contributed by atoms with Gasteiger partial charge in [0, 0.05) is 12.1 Å². The third kappa shape index (κ3) is 3.40. The van der Waals surface area contributed by atoms with Crippen molar-refractivity contribution in [2.75, 3.05) is 0 Å². The number of alkyl halides is 3. The first-order chi connectivity index (χ1) is 8.48. The molecule has 3 atom stereocenters. The van der Waals surface area contributed by atoms with Gasteiger partial charge in [-0.3, -0.25) is 0 Å². The largest absolute Gasteiger partial charge is 0.393 e. The topological polar surface area (TPSA) is 12.0 Å². The van der Waals surface area contributed by atoms with Crippen LogP contribution in [0.2, 0.25) is 0 Å². The molecule has 18 heavy (non-hydrogen) atoms. The molecule has 0 aliphatic heterocycles. The van der Waals surface area contributed by atoms with E-state index in [1.165, 1.54) is 25.7 Å². The molecule has 1 nitrogen and oxygen atoms in total. The number of hydrogen-bond donors (Lipinski definition) is 1. The van der Waals surface area contributed by atoms with Crippen molar-refractivity contribution < 1.29 is 13.2 Å². The lowest BCUT2D eigenvalue weighted by Crippen LogP contribution is -2.50. The predicted octanol–water partition coefficient (Wildman–Crippen LogP) is 4.28. The van der Waals surface area contributed by atoms with Crippen LogP contribution in [0.4, 0.5) is 13.2 Å². The highest BCUT2D eigenvalue weighted by molar-refractivity contribution is 4.89. The van der Waals surface area contributed by atoms with Crippen molar-refractivity contribution in [3.63, 3.8) is 0 Å². The summed E-state index contributed by atoms with van der Waals surface area (Å²) in [5, 5.41) is 3.30. The monoisotopic (exact) mass is 263 g/mol. The zero-order chi connectivity index (χ0) is 13.2. The Labute approximate surface area is 108 Å². The third-order valence-corrected chi connectivity index (χ3v) is 4.77. The number of hydrogen-bond acceptors (Lipinski definition) is 1. The van der Waals surface area contributed by atoms with Crippen LogP contribution in [-0.2, 0) is 0 Å². The van der Waals surface area contributed by atoms with Crippen LogP contribution in [-0.4, -0.2) is 18.3 Å². The minimum atomic E-state index is -4.03. The molecular weight excluding hydrogens is 239 g/mol. The summed E-state index contributed by atoms with van der Waals surface area (Å²) in [4.78, 5) is 0. The van der Waals surface area contributed by atoms with E-state index in [1.54, 1.807) is 0 Å². The highest BCUT2D eigenvalue weighted by Gasteiger charge is 2.45. The van der Waals surface area contributed by atoms with Crippen molar-refractivity contribution in [3.05, 3.63) is 0 Å². The fourth-order valence-electron chi connectivity index (χ4n) is 3.65. The van der Waals surface area contributed by atoms with E-state index in [0.29, 0.717) is 18.8 Å². The fourth-order valence-corrected chi connectivity index (χ4v) is 3.65. The van der Waals surface area contributed by atoms with Crippen molar-refractivity contribution in [2.45, 2.75) is 76.6 Å². The molecule has 0 amide bonds. The zero-order valence-electron chi connectivity index (χ0n) is 11.1. The van der Waals surface area contributed by atoms with E-state index >= 15 is 0 Å². The Morgan fingerprint density at radius 3 is 2.11 bits per heavy atom. The predicted molar refractivity (Wildman–Crippen MR) is 66.4 cm³/mol. The molecule has 2 rings (SSSR count). The molecule has 2 aliphatic carbocycles. The third-order valence-electron chi connectivity index (χ3n) is 4.77. The van der Waals surface area contributed by atoms with Gasteiger partial charge in [-0.1, -0.05) is 25.7 Å². The van der Waals surface area contributed by atoms with Gasteiger partial charge in [0.1, 0.15) is 0 Å². The lowest BCUT2D eigenvalue weighted by atomic mass is 9.83. The summed E-state index contributed by atoms with van der Waals surface area (Å²) >= 11 is 0. The van der Waals surface area contributed by atoms with E-state index in [9.17, 15) is 13.2 Å². The lowest BCUT2D eigenvalue weighted by Gasteiger charge is -2.36. The van der Waals surface area contributed by atoms with E-state index in [-0.39, 0.29) is 12.1 Å². The molecule has 2 saturated carbocycles. The van der Waals surface area contributed by atoms with E-state index in [2.05, 4.69) is 12.2 Å². The van der Waals surface area contributed by atoms with Crippen LogP contribution in [0.5, 0.6) is 0 Å². The first kappa shape index (κ1) is 14.2. The van der Waals surface area contributed by atoms with Gasteiger partial charge in [0.15, 0.2) is 0 Å². The second-order valence-corrected chi connectivity index (χ2v) is 6.04. The Hall–Kier alpha value is -0.250. The Bertz CT molecular complexity index is 258. The number of halogens is 3. The number of rotatable bonds is 3. The summed E-state index contributed by atoms with van der Waals surface area (Å²) in [6.45, 7) is 2.07. The van der Waals surface area contributed by atoms with Gasteiger partial charge in [0.2, 0.25) is 0 Å². The number of nitrogens with one attached hydrogen (secondary N) is 1. The molecule has 2 unspecified atom stereocenters. The minimum Gasteiger partial charge on any atom is -0.311 e. The average Bonchev–Trinajstić information content (AvgIpc) is 2.81. The van der Waals surface area contributed by atoms with Gasteiger partial charge in [0.25, 0.3) is 0 Å². The van der Waals surface area contributed by atoms with E-state index < -0.39 is 12.1 Å². The molecule has 0 bridgehead atoms. The second kappa shape index (κ2) is 5.81. The summed E-state index contributed by atoms with van der Waals surface area (Å²) < 4.78 is 38.9. The molecule has 106 valence electrons. The van der Waals surface area contributed by atoms with Gasteiger partial charge >= 0.3 is 6.18 Å². The maximum absolute atomic E-state index is 13.0. The molecule has 0 saturated heterocycles. The summed E-state index contributed by atoms with van der Waals surface area (Å²) in [7, 11) is 0. The van der Waals surface area contributed by atoms with Crippen molar-refractivity contribution in [3.8, 4) is 0 Å². The van der Waals surface area contributed by atoms with Crippen molar-refractivity contribution in [2.24, 2.45) is 11.8 Å². The van der Waals surface area contributed by atoms with Crippen molar-refractivity contribution in [1.82, 2.24) is 5.32 Å². The minimum absolute atomic E-state index is 0.237. The first-order valence-electron chi connectivity index (χ1n) is 7.31. The zero-order valence-corrected chi connectivity index (χ0v) is 11.1. The van der Waals surface area contributed by atoms with E-state index in [1.807, 2.05) is 0 Å². The van der Waals surface area contributed by atoms with Crippen LogP contribution < -0.4 is 5.32 Å². The van der Waals surface area contributed by atoms with Crippen LogP contribution in [0.25, 0.3) is 0 Å². The standard InChI is InChI=1S/C14H24F3N/c1-10(11-6-2-3-7-11)18-13-9-5-4-8-12(13)14(15,16)17/h10-13,18H,2-9H2,1H3/t10-,12?,13?/m1/s1. The molecule has 4 heteroatoms. The van der Waals surface area contributed by atoms with Gasteiger partial charge in [-0.25, -0.2) is 0 Å². The van der Waals surface area contributed by atoms with Crippen molar-refractivity contribution >= 4 is 0 Å². The molecular formula is C14H24F3N. The SMILES string of the molecule is C[C@@H](NC1CCCCC1C(F)(F)F)C1CCCC1. The molecule has 0 aromatic carbocycles. The van der Waals surface area contributed by atoms with E-state index in [0.717, 1.165) is 12.8 Å². The van der Waals surface area contributed by atoms with Gasteiger partial charge in [-0.2, -0.15) is 13.2 Å².